The molecule has 0 spiro atoms. The molecule has 0 unspecified atom stereocenters. The first kappa shape index (κ1) is 13.5. The monoisotopic (exact) mass is 285 g/mol. The molecule has 0 saturated carbocycles. The van der Waals surface area contributed by atoms with Crippen LogP contribution in [0.2, 0.25) is 0 Å². The third-order valence-electron chi connectivity index (χ3n) is 3.15. The molecule has 0 aromatic carbocycles. The highest BCUT2D eigenvalue weighted by molar-refractivity contribution is 5.44. The lowest BCUT2D eigenvalue weighted by Gasteiger charge is -2.15. The Kier molecular flexibility index (Phi) is 3.12. The summed E-state index contributed by atoms with van der Waals surface area (Å²) in [6.45, 7) is 6.92. The standard InChI is InChI=1S/C14H19N7/c1-14(2,3)13-17-16-12-6-5-11(19-21(12)13)15-9-10-7-8-20(4)18-10/h5-8H,9H2,1-4H3,(H,15,19). The van der Waals surface area contributed by atoms with Gasteiger partial charge in [0.1, 0.15) is 5.82 Å². The minimum Gasteiger partial charge on any atom is -0.363 e. The smallest absolute Gasteiger partial charge is 0.178 e. The minimum atomic E-state index is -0.105. The normalized spacial score (nSPS) is 12.0. The van der Waals surface area contributed by atoms with Crippen molar-refractivity contribution in [2.45, 2.75) is 32.7 Å². The summed E-state index contributed by atoms with van der Waals surface area (Å²) < 4.78 is 3.58. The van der Waals surface area contributed by atoms with Crippen LogP contribution in [0.4, 0.5) is 5.82 Å². The average Bonchev–Trinajstić information content (AvgIpc) is 3.01. The van der Waals surface area contributed by atoms with Crippen molar-refractivity contribution >= 4 is 11.5 Å². The van der Waals surface area contributed by atoms with Gasteiger partial charge in [0, 0.05) is 18.7 Å². The Morgan fingerprint density at radius 1 is 1.10 bits per heavy atom. The fraction of sp³-hybridized carbons (Fsp3) is 0.429. The van der Waals surface area contributed by atoms with Crippen LogP contribution in [0.1, 0.15) is 32.3 Å². The summed E-state index contributed by atoms with van der Waals surface area (Å²) in [5.41, 5.74) is 1.62. The third kappa shape index (κ3) is 2.72. The molecule has 1 N–H and O–H groups in total. The second-order valence-corrected chi connectivity index (χ2v) is 6.10. The molecule has 0 aliphatic heterocycles. The highest BCUT2D eigenvalue weighted by Gasteiger charge is 2.21. The molecular formula is C14H19N7. The lowest BCUT2D eigenvalue weighted by Crippen LogP contribution is -2.17. The number of nitrogens with one attached hydrogen (secondary N) is 1. The van der Waals surface area contributed by atoms with E-state index < -0.39 is 0 Å². The average molecular weight is 285 g/mol. The van der Waals surface area contributed by atoms with Gasteiger partial charge in [0.25, 0.3) is 0 Å². The Hall–Kier alpha value is -2.44. The molecule has 0 aliphatic rings. The van der Waals surface area contributed by atoms with Crippen molar-refractivity contribution in [1.82, 2.24) is 29.6 Å². The molecule has 0 amide bonds. The molecule has 3 aromatic heterocycles. The molecule has 110 valence electrons. The van der Waals surface area contributed by atoms with Crippen molar-refractivity contribution in [2.75, 3.05) is 5.32 Å². The number of anilines is 1. The maximum atomic E-state index is 4.57. The Morgan fingerprint density at radius 2 is 1.90 bits per heavy atom. The lowest BCUT2D eigenvalue weighted by atomic mass is 9.96. The first-order valence-electron chi connectivity index (χ1n) is 6.89. The SMILES string of the molecule is Cn1ccc(CNc2ccc3nnc(C(C)(C)C)n3n2)n1. The van der Waals surface area contributed by atoms with Crippen LogP contribution in [0.15, 0.2) is 24.4 Å². The van der Waals surface area contributed by atoms with Crippen molar-refractivity contribution in [1.29, 1.82) is 0 Å². The van der Waals surface area contributed by atoms with Gasteiger partial charge in [0.05, 0.1) is 12.2 Å². The van der Waals surface area contributed by atoms with Crippen LogP contribution in [0.25, 0.3) is 5.65 Å². The van der Waals surface area contributed by atoms with E-state index in [1.807, 2.05) is 31.4 Å². The van der Waals surface area contributed by atoms with Crippen LogP contribution in [-0.2, 0) is 19.0 Å². The summed E-state index contributed by atoms with van der Waals surface area (Å²) in [6.07, 6.45) is 1.92. The van der Waals surface area contributed by atoms with E-state index in [0.717, 1.165) is 23.0 Å². The summed E-state index contributed by atoms with van der Waals surface area (Å²) >= 11 is 0. The summed E-state index contributed by atoms with van der Waals surface area (Å²) in [5, 5.41) is 20.6. The fourth-order valence-corrected chi connectivity index (χ4v) is 2.09. The van der Waals surface area contributed by atoms with E-state index in [2.05, 4.69) is 46.5 Å². The number of aryl methyl sites for hydroxylation is 1. The maximum Gasteiger partial charge on any atom is 0.178 e. The van der Waals surface area contributed by atoms with Crippen LogP contribution >= 0.6 is 0 Å². The van der Waals surface area contributed by atoms with Crippen molar-refractivity contribution < 1.29 is 0 Å². The summed E-state index contributed by atoms with van der Waals surface area (Å²) in [4.78, 5) is 0. The molecular weight excluding hydrogens is 266 g/mol. The topological polar surface area (TPSA) is 72.9 Å². The molecule has 3 aromatic rings. The molecule has 0 atom stereocenters. The highest BCUT2D eigenvalue weighted by atomic mass is 15.4. The third-order valence-corrected chi connectivity index (χ3v) is 3.15. The van der Waals surface area contributed by atoms with Gasteiger partial charge in [0.15, 0.2) is 11.5 Å². The van der Waals surface area contributed by atoms with Gasteiger partial charge in [-0.05, 0) is 18.2 Å². The van der Waals surface area contributed by atoms with Crippen LogP contribution < -0.4 is 5.32 Å². The Labute approximate surface area is 123 Å². The van der Waals surface area contributed by atoms with Crippen molar-refractivity contribution in [3.05, 3.63) is 35.9 Å². The predicted octanol–water partition coefficient (Wildman–Crippen LogP) is 1.77. The zero-order chi connectivity index (χ0) is 15.0. The molecule has 0 saturated heterocycles. The predicted molar refractivity (Wildman–Crippen MR) is 80.0 cm³/mol. The van der Waals surface area contributed by atoms with Gasteiger partial charge in [-0.15, -0.1) is 15.3 Å². The van der Waals surface area contributed by atoms with E-state index in [0.29, 0.717) is 6.54 Å². The van der Waals surface area contributed by atoms with E-state index in [9.17, 15) is 0 Å². The van der Waals surface area contributed by atoms with E-state index in [4.69, 9.17) is 0 Å². The van der Waals surface area contributed by atoms with Gasteiger partial charge in [0.2, 0.25) is 0 Å². The highest BCUT2D eigenvalue weighted by Crippen LogP contribution is 2.20. The fourth-order valence-electron chi connectivity index (χ4n) is 2.09. The maximum absolute atomic E-state index is 4.57. The number of aromatic nitrogens is 6. The molecule has 0 bridgehead atoms. The number of hydrogen-bond acceptors (Lipinski definition) is 5. The molecule has 7 nitrogen and oxygen atoms in total. The summed E-state index contributed by atoms with van der Waals surface area (Å²) in [5.74, 6) is 1.62. The lowest BCUT2D eigenvalue weighted by molar-refractivity contribution is 0.527. The van der Waals surface area contributed by atoms with Gasteiger partial charge in [-0.2, -0.15) is 9.61 Å². The molecule has 7 heteroatoms. The van der Waals surface area contributed by atoms with Crippen molar-refractivity contribution in [2.24, 2.45) is 7.05 Å². The number of fused-ring (bicyclic) bond motifs is 1. The molecule has 0 radical (unpaired) electrons. The molecule has 3 heterocycles. The molecule has 3 rings (SSSR count). The second kappa shape index (κ2) is 4.83. The quantitative estimate of drug-likeness (QED) is 0.794. The first-order valence-corrected chi connectivity index (χ1v) is 6.89. The zero-order valence-corrected chi connectivity index (χ0v) is 12.7. The first-order chi connectivity index (χ1) is 9.93. The largest absolute Gasteiger partial charge is 0.363 e. The summed E-state index contributed by atoms with van der Waals surface area (Å²) in [6, 6.07) is 5.79. The van der Waals surface area contributed by atoms with Gasteiger partial charge in [-0.25, -0.2) is 0 Å². The molecule has 21 heavy (non-hydrogen) atoms. The van der Waals surface area contributed by atoms with Gasteiger partial charge in [-0.3, -0.25) is 4.68 Å². The number of hydrogen-bond donors (Lipinski definition) is 1. The van der Waals surface area contributed by atoms with E-state index >= 15 is 0 Å². The second-order valence-electron chi connectivity index (χ2n) is 6.10. The summed E-state index contributed by atoms with van der Waals surface area (Å²) in [7, 11) is 1.90. The van der Waals surface area contributed by atoms with E-state index in [1.165, 1.54) is 0 Å². The minimum absolute atomic E-state index is 0.105. The van der Waals surface area contributed by atoms with Crippen LogP contribution in [0.3, 0.4) is 0 Å². The van der Waals surface area contributed by atoms with Crippen LogP contribution in [0.5, 0.6) is 0 Å². The molecule has 0 aliphatic carbocycles. The molecule has 0 fully saturated rings. The van der Waals surface area contributed by atoms with Gasteiger partial charge >= 0.3 is 0 Å². The van der Waals surface area contributed by atoms with E-state index in [-0.39, 0.29) is 5.41 Å². The number of nitrogens with zero attached hydrogens (tertiary/aromatic N) is 6. The zero-order valence-electron chi connectivity index (χ0n) is 12.7. The Morgan fingerprint density at radius 3 is 2.57 bits per heavy atom. The van der Waals surface area contributed by atoms with E-state index in [1.54, 1.807) is 9.20 Å². The van der Waals surface area contributed by atoms with Gasteiger partial charge < -0.3 is 5.32 Å². The van der Waals surface area contributed by atoms with Crippen LogP contribution in [-0.4, -0.2) is 29.6 Å². The van der Waals surface area contributed by atoms with Crippen LogP contribution in [0, 0.1) is 0 Å². The van der Waals surface area contributed by atoms with Crippen molar-refractivity contribution in [3.63, 3.8) is 0 Å². The van der Waals surface area contributed by atoms with Crippen molar-refractivity contribution in [3.8, 4) is 0 Å². The Bertz CT molecular complexity index is 763. The Balaban J connectivity index is 1.86. The van der Waals surface area contributed by atoms with Gasteiger partial charge in [-0.1, -0.05) is 20.8 Å². The number of rotatable bonds is 3.